The van der Waals surface area contributed by atoms with Gasteiger partial charge < -0.3 is 9.64 Å². The molecular weight excluding hydrogens is 430 g/mol. The van der Waals surface area contributed by atoms with Crippen LogP contribution < -0.4 is 0 Å². The second-order valence-corrected chi connectivity index (χ2v) is 9.55. The van der Waals surface area contributed by atoms with Gasteiger partial charge in [-0.25, -0.2) is 4.79 Å². The van der Waals surface area contributed by atoms with Gasteiger partial charge in [0.2, 0.25) is 0 Å². The van der Waals surface area contributed by atoms with Gasteiger partial charge in [0.25, 0.3) is 0 Å². The predicted octanol–water partition coefficient (Wildman–Crippen LogP) is 4.99. The van der Waals surface area contributed by atoms with E-state index in [0.717, 1.165) is 63.1 Å². The standard InChI is InChI=1S/C21H32BrN3O2.C2H6/c1-21(2,3)27-20(26)25-10-8-19(9-11-25)24-14-12-23(13-15-24)16-17-4-6-18(22)7-5-17;1-2/h4-7,19H,8-16H2,1-3H3;1-2H3. The molecule has 6 heteroatoms. The van der Waals surface area contributed by atoms with Crippen LogP contribution in [0, 0.1) is 0 Å². The molecule has 2 aliphatic heterocycles. The van der Waals surface area contributed by atoms with Crippen molar-refractivity contribution in [2.24, 2.45) is 0 Å². The first-order chi connectivity index (χ1) is 13.8. The van der Waals surface area contributed by atoms with Crippen LogP contribution in [0.3, 0.4) is 0 Å². The normalized spacial score (nSPS) is 19.4. The van der Waals surface area contributed by atoms with Gasteiger partial charge in [0.1, 0.15) is 5.60 Å². The molecule has 0 saturated carbocycles. The van der Waals surface area contributed by atoms with Crippen molar-refractivity contribution in [1.29, 1.82) is 0 Å². The topological polar surface area (TPSA) is 36.0 Å². The highest BCUT2D eigenvalue weighted by Gasteiger charge is 2.30. The summed E-state index contributed by atoms with van der Waals surface area (Å²) in [6.07, 6.45) is 1.93. The average molecular weight is 468 g/mol. The second kappa shape index (κ2) is 11.3. The molecule has 0 atom stereocenters. The molecule has 0 bridgehead atoms. The van der Waals surface area contributed by atoms with Crippen molar-refractivity contribution >= 4 is 22.0 Å². The number of amides is 1. The summed E-state index contributed by atoms with van der Waals surface area (Å²) < 4.78 is 6.63. The van der Waals surface area contributed by atoms with Gasteiger partial charge in [0, 0.05) is 56.3 Å². The van der Waals surface area contributed by atoms with Gasteiger partial charge in [-0.05, 0) is 51.3 Å². The van der Waals surface area contributed by atoms with Crippen molar-refractivity contribution in [2.75, 3.05) is 39.3 Å². The van der Waals surface area contributed by atoms with Crippen molar-refractivity contribution in [2.45, 2.75) is 65.6 Å². The highest BCUT2D eigenvalue weighted by Crippen LogP contribution is 2.21. The third kappa shape index (κ3) is 7.91. The fourth-order valence-corrected chi connectivity index (χ4v) is 4.14. The number of halogens is 1. The Labute approximate surface area is 185 Å². The summed E-state index contributed by atoms with van der Waals surface area (Å²) in [5, 5.41) is 0. The zero-order chi connectivity index (χ0) is 21.4. The third-order valence-corrected chi connectivity index (χ3v) is 5.89. The minimum Gasteiger partial charge on any atom is -0.444 e. The minimum atomic E-state index is -0.418. The summed E-state index contributed by atoms with van der Waals surface area (Å²) in [4.78, 5) is 19.2. The molecule has 1 amide bonds. The Bertz CT molecular complexity index is 614. The van der Waals surface area contributed by atoms with E-state index in [1.807, 2.05) is 39.5 Å². The Kier molecular flexibility index (Phi) is 9.44. The average Bonchev–Trinajstić information content (AvgIpc) is 2.71. The Morgan fingerprint density at radius 3 is 2.07 bits per heavy atom. The Hall–Kier alpha value is -1.11. The maximum Gasteiger partial charge on any atom is 0.410 e. The minimum absolute atomic E-state index is 0.166. The zero-order valence-corrected chi connectivity index (χ0v) is 20.4. The predicted molar refractivity (Wildman–Crippen MR) is 123 cm³/mol. The van der Waals surface area contributed by atoms with Gasteiger partial charge >= 0.3 is 6.09 Å². The maximum atomic E-state index is 12.2. The molecule has 0 aromatic heterocycles. The summed E-state index contributed by atoms with van der Waals surface area (Å²) in [7, 11) is 0. The molecule has 2 fully saturated rings. The summed E-state index contributed by atoms with van der Waals surface area (Å²) in [6, 6.07) is 9.22. The molecule has 0 spiro atoms. The molecule has 5 nitrogen and oxygen atoms in total. The number of benzene rings is 1. The quantitative estimate of drug-likeness (QED) is 0.626. The molecule has 0 radical (unpaired) electrons. The van der Waals surface area contributed by atoms with Gasteiger partial charge in [0.05, 0.1) is 0 Å². The number of nitrogens with zero attached hydrogens (tertiary/aromatic N) is 3. The molecule has 0 unspecified atom stereocenters. The van der Waals surface area contributed by atoms with Gasteiger partial charge in [-0.2, -0.15) is 0 Å². The number of rotatable bonds is 3. The van der Waals surface area contributed by atoms with E-state index in [-0.39, 0.29) is 6.09 Å². The maximum absolute atomic E-state index is 12.2. The van der Waals surface area contributed by atoms with Crippen LogP contribution in [0.1, 0.15) is 53.0 Å². The van der Waals surface area contributed by atoms with E-state index >= 15 is 0 Å². The molecule has 2 aliphatic rings. The van der Waals surface area contributed by atoms with E-state index in [1.165, 1.54) is 5.56 Å². The van der Waals surface area contributed by atoms with Crippen LogP contribution in [-0.2, 0) is 11.3 Å². The molecule has 0 aliphatic carbocycles. The molecule has 164 valence electrons. The zero-order valence-electron chi connectivity index (χ0n) is 18.8. The SMILES string of the molecule is CC.CC(C)(C)OC(=O)N1CCC(N2CCN(Cc3ccc(Br)cc3)CC2)CC1. The number of likely N-dealkylation sites (tertiary alicyclic amines) is 1. The van der Waals surface area contributed by atoms with Crippen molar-refractivity contribution in [3.8, 4) is 0 Å². The number of hydrogen-bond donors (Lipinski definition) is 0. The number of ether oxygens (including phenoxy) is 1. The lowest BCUT2D eigenvalue weighted by Crippen LogP contribution is -2.53. The first kappa shape index (κ1) is 24.2. The van der Waals surface area contributed by atoms with E-state index in [1.54, 1.807) is 0 Å². The van der Waals surface area contributed by atoms with E-state index in [0.29, 0.717) is 6.04 Å². The van der Waals surface area contributed by atoms with Crippen LogP contribution in [0.4, 0.5) is 4.79 Å². The number of carbonyl (C=O) groups excluding carboxylic acids is 1. The molecule has 29 heavy (non-hydrogen) atoms. The molecule has 2 saturated heterocycles. The van der Waals surface area contributed by atoms with Crippen molar-refractivity contribution < 1.29 is 9.53 Å². The Morgan fingerprint density at radius 1 is 1.00 bits per heavy atom. The summed E-state index contributed by atoms with van der Waals surface area (Å²) >= 11 is 3.50. The largest absolute Gasteiger partial charge is 0.444 e. The van der Waals surface area contributed by atoms with Gasteiger partial charge in [-0.1, -0.05) is 41.9 Å². The lowest BCUT2D eigenvalue weighted by Gasteiger charge is -2.42. The number of piperidine rings is 1. The Morgan fingerprint density at radius 2 is 1.55 bits per heavy atom. The van der Waals surface area contributed by atoms with E-state index in [2.05, 4.69) is 50.0 Å². The molecular formula is C23H38BrN3O2. The lowest BCUT2D eigenvalue weighted by molar-refractivity contribution is 0.00969. The van der Waals surface area contributed by atoms with Gasteiger partial charge in [0.15, 0.2) is 0 Å². The van der Waals surface area contributed by atoms with Crippen LogP contribution in [0.2, 0.25) is 0 Å². The summed E-state index contributed by atoms with van der Waals surface area (Å²) in [5.74, 6) is 0. The van der Waals surface area contributed by atoms with Crippen LogP contribution in [0.5, 0.6) is 0 Å². The van der Waals surface area contributed by atoms with Crippen LogP contribution in [0.15, 0.2) is 28.7 Å². The summed E-state index contributed by atoms with van der Waals surface area (Å²) in [5.41, 5.74) is 0.955. The molecule has 3 rings (SSSR count). The Balaban J connectivity index is 0.00000145. The summed E-state index contributed by atoms with van der Waals surface area (Å²) in [6.45, 7) is 16.9. The molecule has 1 aromatic rings. The van der Waals surface area contributed by atoms with Crippen LogP contribution in [0.25, 0.3) is 0 Å². The lowest BCUT2D eigenvalue weighted by atomic mass is 10.0. The van der Waals surface area contributed by atoms with Crippen LogP contribution >= 0.6 is 15.9 Å². The number of hydrogen-bond acceptors (Lipinski definition) is 4. The van der Waals surface area contributed by atoms with Gasteiger partial charge in [-0.15, -0.1) is 0 Å². The van der Waals surface area contributed by atoms with E-state index < -0.39 is 5.60 Å². The second-order valence-electron chi connectivity index (χ2n) is 8.64. The first-order valence-corrected chi connectivity index (χ1v) is 11.8. The van der Waals surface area contributed by atoms with Crippen LogP contribution in [-0.4, -0.2) is 71.7 Å². The monoisotopic (exact) mass is 467 g/mol. The first-order valence-electron chi connectivity index (χ1n) is 11.0. The molecule has 2 heterocycles. The van der Waals surface area contributed by atoms with Crippen molar-refractivity contribution in [3.05, 3.63) is 34.3 Å². The fraction of sp³-hybridized carbons (Fsp3) is 0.696. The third-order valence-electron chi connectivity index (χ3n) is 5.36. The van der Waals surface area contributed by atoms with Crippen molar-refractivity contribution in [3.63, 3.8) is 0 Å². The highest BCUT2D eigenvalue weighted by atomic mass is 79.9. The van der Waals surface area contributed by atoms with E-state index in [9.17, 15) is 4.79 Å². The van der Waals surface area contributed by atoms with E-state index in [4.69, 9.17) is 4.74 Å². The smallest absolute Gasteiger partial charge is 0.410 e. The highest BCUT2D eigenvalue weighted by molar-refractivity contribution is 9.10. The molecule has 1 aromatic carbocycles. The fourth-order valence-electron chi connectivity index (χ4n) is 3.87. The van der Waals surface area contributed by atoms with Crippen molar-refractivity contribution in [1.82, 2.24) is 14.7 Å². The number of carbonyl (C=O) groups is 1. The van der Waals surface area contributed by atoms with Gasteiger partial charge in [-0.3, -0.25) is 9.80 Å². The number of piperazine rings is 1. The molecule has 0 N–H and O–H groups in total.